The molecule has 1 heterocycles. The summed E-state index contributed by atoms with van der Waals surface area (Å²) in [5.41, 5.74) is -0.388. The van der Waals surface area contributed by atoms with Crippen LogP contribution >= 0.6 is 0 Å². The van der Waals surface area contributed by atoms with Gasteiger partial charge in [-0.05, 0) is 18.6 Å². The fourth-order valence-electron chi connectivity index (χ4n) is 2.06. The topological polar surface area (TPSA) is 61.2 Å². The van der Waals surface area contributed by atoms with Crippen LogP contribution in [0.25, 0.3) is 0 Å². The van der Waals surface area contributed by atoms with E-state index in [1.807, 2.05) is 13.0 Å². The van der Waals surface area contributed by atoms with Crippen LogP contribution in [-0.2, 0) is 0 Å². The van der Waals surface area contributed by atoms with Gasteiger partial charge < -0.3 is 0 Å². The smallest absolute Gasteiger partial charge is 0.262 e. The Balaban J connectivity index is 2.47. The number of nitrogens with zero attached hydrogens (tertiary/aromatic N) is 2. The van der Waals surface area contributed by atoms with Gasteiger partial charge in [0.2, 0.25) is 0 Å². The van der Waals surface area contributed by atoms with Crippen molar-refractivity contribution in [2.45, 2.75) is 25.8 Å². The lowest BCUT2D eigenvalue weighted by atomic mass is 10.1. The number of benzene rings is 1. The van der Waals surface area contributed by atoms with E-state index in [0.717, 1.165) is 4.90 Å². The lowest BCUT2D eigenvalue weighted by molar-refractivity contribution is 0.0613. The molecule has 1 unspecified atom stereocenters. The molecule has 0 fully saturated rings. The third-order valence-corrected chi connectivity index (χ3v) is 2.98. The van der Waals surface area contributed by atoms with Gasteiger partial charge in [-0.15, -0.1) is 0 Å². The monoisotopic (exact) mass is 264 g/mol. The Morgan fingerprint density at radius 3 is 2.05 bits per heavy atom. The number of fused-ring (bicyclic) bond motifs is 1. The third kappa shape index (κ3) is 1.97. The molecule has 0 aromatic heterocycles. The van der Waals surface area contributed by atoms with Gasteiger partial charge in [-0.1, -0.05) is 13.3 Å². The average Bonchev–Trinajstić information content (AvgIpc) is 2.61. The average molecular weight is 264 g/mol. The lowest BCUT2D eigenvalue weighted by Gasteiger charge is -2.19. The SMILES string of the molecule is CCCC(C#N)N1C(=O)c2cc(F)c(F)cc2C1=O. The molecule has 1 atom stereocenters. The number of hydrogen-bond acceptors (Lipinski definition) is 3. The summed E-state index contributed by atoms with van der Waals surface area (Å²) in [4.78, 5) is 24.8. The minimum absolute atomic E-state index is 0.194. The second-order valence-corrected chi connectivity index (χ2v) is 4.23. The third-order valence-electron chi connectivity index (χ3n) is 2.98. The molecule has 6 heteroatoms. The maximum Gasteiger partial charge on any atom is 0.262 e. The highest BCUT2D eigenvalue weighted by molar-refractivity contribution is 6.21. The van der Waals surface area contributed by atoms with Crippen LogP contribution in [0, 0.1) is 23.0 Å². The fraction of sp³-hybridized carbons (Fsp3) is 0.308. The fourth-order valence-corrected chi connectivity index (χ4v) is 2.06. The van der Waals surface area contributed by atoms with Crippen LogP contribution in [0.4, 0.5) is 8.78 Å². The van der Waals surface area contributed by atoms with E-state index in [4.69, 9.17) is 5.26 Å². The standard InChI is InChI=1S/C13H10F2N2O2/c1-2-3-7(6-16)17-12(18)8-4-10(14)11(15)5-9(8)13(17)19/h4-5,7H,2-3H2,1H3. The van der Waals surface area contributed by atoms with Crippen molar-refractivity contribution in [2.75, 3.05) is 0 Å². The van der Waals surface area contributed by atoms with Crippen molar-refractivity contribution in [1.29, 1.82) is 5.26 Å². The molecular formula is C13H10F2N2O2. The summed E-state index contributed by atoms with van der Waals surface area (Å²) >= 11 is 0. The Bertz CT molecular complexity index is 566. The molecule has 1 aliphatic rings. The quantitative estimate of drug-likeness (QED) is 0.787. The molecule has 1 aromatic rings. The second kappa shape index (κ2) is 4.76. The van der Waals surface area contributed by atoms with Gasteiger partial charge in [0.15, 0.2) is 11.6 Å². The van der Waals surface area contributed by atoms with Gasteiger partial charge in [0, 0.05) is 0 Å². The van der Waals surface area contributed by atoms with Gasteiger partial charge in [-0.2, -0.15) is 5.26 Å². The lowest BCUT2D eigenvalue weighted by Crippen LogP contribution is -2.38. The van der Waals surface area contributed by atoms with Crippen molar-refractivity contribution >= 4 is 11.8 Å². The van der Waals surface area contributed by atoms with Gasteiger partial charge in [0.1, 0.15) is 6.04 Å². The van der Waals surface area contributed by atoms with Crippen LogP contribution < -0.4 is 0 Å². The molecule has 19 heavy (non-hydrogen) atoms. The van der Waals surface area contributed by atoms with Crippen LogP contribution in [0.2, 0.25) is 0 Å². The van der Waals surface area contributed by atoms with E-state index in [1.165, 1.54) is 0 Å². The van der Waals surface area contributed by atoms with E-state index in [9.17, 15) is 18.4 Å². The second-order valence-electron chi connectivity index (χ2n) is 4.23. The van der Waals surface area contributed by atoms with Crippen molar-refractivity contribution in [3.63, 3.8) is 0 Å². The first-order valence-electron chi connectivity index (χ1n) is 5.77. The highest BCUT2D eigenvalue weighted by Gasteiger charge is 2.40. The van der Waals surface area contributed by atoms with Crippen molar-refractivity contribution in [1.82, 2.24) is 4.90 Å². The molecule has 0 bridgehead atoms. The summed E-state index contributed by atoms with van der Waals surface area (Å²) < 4.78 is 26.2. The number of rotatable bonds is 3. The number of amides is 2. The molecule has 2 rings (SSSR count). The first kappa shape index (κ1) is 13.1. The molecule has 98 valence electrons. The molecule has 0 radical (unpaired) electrons. The molecule has 4 nitrogen and oxygen atoms in total. The van der Waals surface area contributed by atoms with E-state index < -0.39 is 29.5 Å². The molecule has 0 spiro atoms. The highest BCUT2D eigenvalue weighted by Crippen LogP contribution is 2.27. The zero-order chi connectivity index (χ0) is 14.2. The van der Waals surface area contributed by atoms with E-state index in [2.05, 4.69) is 0 Å². The number of carbonyl (C=O) groups excluding carboxylic acids is 2. The Kier molecular flexibility index (Phi) is 3.30. The van der Waals surface area contributed by atoms with Crippen LogP contribution in [-0.4, -0.2) is 22.8 Å². The molecule has 2 amide bonds. The number of carbonyl (C=O) groups is 2. The van der Waals surface area contributed by atoms with Gasteiger partial charge in [-0.3, -0.25) is 14.5 Å². The summed E-state index contributed by atoms with van der Waals surface area (Å²) in [6, 6.07) is 2.35. The minimum Gasteiger partial charge on any atom is -0.269 e. The van der Waals surface area contributed by atoms with Crippen LogP contribution in [0.3, 0.4) is 0 Å². The van der Waals surface area contributed by atoms with Crippen molar-refractivity contribution in [2.24, 2.45) is 0 Å². The Labute approximate surface area is 108 Å². The van der Waals surface area contributed by atoms with E-state index in [0.29, 0.717) is 25.0 Å². The number of halogens is 2. The Morgan fingerprint density at radius 1 is 1.21 bits per heavy atom. The van der Waals surface area contributed by atoms with Crippen LogP contribution in [0.5, 0.6) is 0 Å². The van der Waals surface area contributed by atoms with Crippen LogP contribution in [0.1, 0.15) is 40.5 Å². The van der Waals surface area contributed by atoms with E-state index in [-0.39, 0.29) is 11.1 Å². The predicted molar refractivity (Wildman–Crippen MR) is 61.2 cm³/mol. The van der Waals surface area contributed by atoms with Gasteiger partial charge in [0.05, 0.1) is 17.2 Å². The number of nitriles is 1. The Hall–Kier alpha value is -2.29. The summed E-state index contributed by atoms with van der Waals surface area (Å²) in [5, 5.41) is 9.00. The van der Waals surface area contributed by atoms with Crippen molar-refractivity contribution < 1.29 is 18.4 Å². The van der Waals surface area contributed by atoms with Gasteiger partial charge in [0.25, 0.3) is 11.8 Å². The maximum atomic E-state index is 13.1. The molecule has 1 aromatic carbocycles. The van der Waals surface area contributed by atoms with Gasteiger partial charge >= 0.3 is 0 Å². The first-order chi connectivity index (χ1) is 9.01. The van der Waals surface area contributed by atoms with E-state index >= 15 is 0 Å². The Morgan fingerprint density at radius 2 is 1.68 bits per heavy atom. The van der Waals surface area contributed by atoms with Crippen molar-refractivity contribution in [3.05, 3.63) is 34.9 Å². The molecular weight excluding hydrogens is 254 g/mol. The summed E-state index contributed by atoms with van der Waals surface area (Å²) in [6.45, 7) is 1.81. The van der Waals surface area contributed by atoms with E-state index in [1.54, 1.807) is 0 Å². The number of imide groups is 1. The zero-order valence-electron chi connectivity index (χ0n) is 10.1. The van der Waals surface area contributed by atoms with Gasteiger partial charge in [-0.25, -0.2) is 8.78 Å². The predicted octanol–water partition coefficient (Wildman–Crippen LogP) is 2.25. The molecule has 0 N–H and O–H groups in total. The highest BCUT2D eigenvalue weighted by atomic mass is 19.2. The molecule has 0 aliphatic carbocycles. The molecule has 0 saturated heterocycles. The molecule has 0 saturated carbocycles. The zero-order valence-corrected chi connectivity index (χ0v) is 10.1. The van der Waals surface area contributed by atoms with Crippen molar-refractivity contribution in [3.8, 4) is 6.07 Å². The minimum atomic E-state index is -1.19. The van der Waals surface area contributed by atoms with Crippen LogP contribution in [0.15, 0.2) is 12.1 Å². The summed E-state index contributed by atoms with van der Waals surface area (Å²) in [5.74, 6) is -3.88. The maximum absolute atomic E-state index is 13.1. The largest absolute Gasteiger partial charge is 0.269 e. The summed E-state index contributed by atoms with van der Waals surface area (Å²) in [7, 11) is 0. The normalized spacial score (nSPS) is 15.4. The summed E-state index contributed by atoms with van der Waals surface area (Å²) in [6.07, 6.45) is 0.932. The molecule has 1 aliphatic heterocycles. The first-order valence-corrected chi connectivity index (χ1v) is 5.77. The number of hydrogen-bond donors (Lipinski definition) is 0.